The SMILES string of the molecule is CCCc1ccccc1NC1CCOC(C(C)C)C1. The van der Waals surface area contributed by atoms with Crippen molar-refractivity contribution in [2.75, 3.05) is 11.9 Å². The Labute approximate surface area is 117 Å². The maximum absolute atomic E-state index is 5.85. The van der Waals surface area contributed by atoms with Gasteiger partial charge in [-0.1, -0.05) is 45.4 Å². The van der Waals surface area contributed by atoms with Crippen LogP contribution in [-0.4, -0.2) is 18.8 Å². The maximum atomic E-state index is 5.85. The third-order valence-electron chi connectivity index (χ3n) is 3.95. The van der Waals surface area contributed by atoms with E-state index in [0.717, 1.165) is 25.9 Å². The number of hydrogen-bond donors (Lipinski definition) is 1. The minimum atomic E-state index is 0.407. The number of hydrogen-bond acceptors (Lipinski definition) is 2. The van der Waals surface area contributed by atoms with Gasteiger partial charge in [0.05, 0.1) is 6.10 Å². The third kappa shape index (κ3) is 3.97. The van der Waals surface area contributed by atoms with Gasteiger partial charge in [-0.25, -0.2) is 0 Å². The molecule has 0 radical (unpaired) electrons. The molecule has 0 amide bonds. The zero-order valence-corrected chi connectivity index (χ0v) is 12.5. The molecule has 2 nitrogen and oxygen atoms in total. The average Bonchev–Trinajstić information content (AvgIpc) is 2.41. The Bertz CT molecular complexity index is 389. The van der Waals surface area contributed by atoms with Crippen LogP contribution in [0.15, 0.2) is 24.3 Å². The molecule has 2 heteroatoms. The van der Waals surface area contributed by atoms with Crippen LogP contribution in [0.25, 0.3) is 0 Å². The number of anilines is 1. The lowest BCUT2D eigenvalue weighted by molar-refractivity contribution is -0.0160. The Kier molecular flexibility index (Phi) is 5.26. The second-order valence-electron chi connectivity index (χ2n) is 5.93. The van der Waals surface area contributed by atoms with Crippen LogP contribution < -0.4 is 5.32 Å². The first-order valence-corrected chi connectivity index (χ1v) is 7.66. The maximum Gasteiger partial charge on any atom is 0.0617 e. The normalized spacial score (nSPS) is 23.6. The highest BCUT2D eigenvalue weighted by Gasteiger charge is 2.24. The van der Waals surface area contributed by atoms with Gasteiger partial charge >= 0.3 is 0 Å². The number of ether oxygens (including phenoxy) is 1. The lowest BCUT2D eigenvalue weighted by Crippen LogP contribution is -2.36. The summed E-state index contributed by atoms with van der Waals surface area (Å²) in [6.45, 7) is 7.62. The molecule has 106 valence electrons. The Morgan fingerprint density at radius 3 is 2.84 bits per heavy atom. The number of rotatable bonds is 5. The van der Waals surface area contributed by atoms with Gasteiger partial charge in [0.15, 0.2) is 0 Å². The fraction of sp³-hybridized carbons (Fsp3) is 0.647. The van der Waals surface area contributed by atoms with E-state index in [2.05, 4.69) is 50.4 Å². The first-order chi connectivity index (χ1) is 9.20. The van der Waals surface area contributed by atoms with Crippen molar-refractivity contribution in [3.8, 4) is 0 Å². The molecule has 0 aromatic heterocycles. The van der Waals surface area contributed by atoms with Gasteiger partial charge in [-0.15, -0.1) is 0 Å². The highest BCUT2D eigenvalue weighted by atomic mass is 16.5. The van der Waals surface area contributed by atoms with Crippen molar-refractivity contribution in [1.29, 1.82) is 0 Å². The van der Waals surface area contributed by atoms with E-state index < -0.39 is 0 Å². The van der Waals surface area contributed by atoms with Crippen molar-refractivity contribution in [1.82, 2.24) is 0 Å². The summed E-state index contributed by atoms with van der Waals surface area (Å²) in [5, 5.41) is 3.74. The topological polar surface area (TPSA) is 21.3 Å². The standard InChI is InChI=1S/C17H27NO/c1-4-7-14-8-5-6-9-16(14)18-15-10-11-19-17(12-15)13(2)3/h5-6,8-9,13,15,17-18H,4,7,10-12H2,1-3H3. The molecule has 1 aliphatic rings. The molecule has 1 saturated heterocycles. The van der Waals surface area contributed by atoms with E-state index >= 15 is 0 Å². The van der Waals surface area contributed by atoms with E-state index in [9.17, 15) is 0 Å². The minimum Gasteiger partial charge on any atom is -0.382 e. The molecule has 19 heavy (non-hydrogen) atoms. The fourth-order valence-corrected chi connectivity index (χ4v) is 2.79. The van der Waals surface area contributed by atoms with Crippen molar-refractivity contribution in [3.05, 3.63) is 29.8 Å². The van der Waals surface area contributed by atoms with Crippen LogP contribution in [0.3, 0.4) is 0 Å². The zero-order chi connectivity index (χ0) is 13.7. The highest BCUT2D eigenvalue weighted by molar-refractivity contribution is 5.51. The first kappa shape index (κ1) is 14.4. The van der Waals surface area contributed by atoms with Gasteiger partial charge in [-0.3, -0.25) is 0 Å². The molecule has 0 aliphatic carbocycles. The van der Waals surface area contributed by atoms with Crippen molar-refractivity contribution >= 4 is 5.69 Å². The molecular weight excluding hydrogens is 234 g/mol. The van der Waals surface area contributed by atoms with Crippen molar-refractivity contribution in [2.24, 2.45) is 5.92 Å². The van der Waals surface area contributed by atoms with Crippen LogP contribution in [0.5, 0.6) is 0 Å². The molecule has 0 saturated carbocycles. The molecule has 1 N–H and O–H groups in total. The number of para-hydroxylation sites is 1. The molecule has 1 heterocycles. The van der Waals surface area contributed by atoms with Crippen LogP contribution in [0.1, 0.15) is 45.6 Å². The predicted molar refractivity (Wildman–Crippen MR) is 81.7 cm³/mol. The second kappa shape index (κ2) is 6.95. The van der Waals surface area contributed by atoms with Crippen LogP contribution in [0.4, 0.5) is 5.69 Å². The van der Waals surface area contributed by atoms with E-state index in [1.54, 1.807) is 0 Å². The van der Waals surface area contributed by atoms with Gasteiger partial charge in [-0.05, 0) is 36.8 Å². The molecule has 0 spiro atoms. The largest absolute Gasteiger partial charge is 0.382 e. The lowest BCUT2D eigenvalue weighted by Gasteiger charge is -2.33. The molecule has 2 unspecified atom stereocenters. The smallest absolute Gasteiger partial charge is 0.0617 e. The van der Waals surface area contributed by atoms with Gasteiger partial charge in [-0.2, -0.15) is 0 Å². The number of aryl methyl sites for hydroxylation is 1. The Morgan fingerprint density at radius 1 is 1.32 bits per heavy atom. The Morgan fingerprint density at radius 2 is 2.11 bits per heavy atom. The summed E-state index contributed by atoms with van der Waals surface area (Å²) in [6.07, 6.45) is 4.99. The van der Waals surface area contributed by atoms with Gasteiger partial charge in [0.25, 0.3) is 0 Å². The second-order valence-corrected chi connectivity index (χ2v) is 5.93. The monoisotopic (exact) mass is 261 g/mol. The van der Waals surface area contributed by atoms with E-state index in [0.29, 0.717) is 18.1 Å². The molecule has 2 atom stereocenters. The first-order valence-electron chi connectivity index (χ1n) is 7.66. The fourth-order valence-electron chi connectivity index (χ4n) is 2.79. The van der Waals surface area contributed by atoms with E-state index in [1.165, 1.54) is 17.7 Å². The van der Waals surface area contributed by atoms with Gasteiger partial charge in [0.2, 0.25) is 0 Å². The molecule has 1 fully saturated rings. The summed E-state index contributed by atoms with van der Waals surface area (Å²) in [4.78, 5) is 0. The van der Waals surface area contributed by atoms with Crippen LogP contribution in [0.2, 0.25) is 0 Å². The summed E-state index contributed by atoms with van der Waals surface area (Å²) in [5.74, 6) is 0.607. The molecule has 1 aliphatic heterocycles. The Balaban J connectivity index is 2.00. The number of benzene rings is 1. The summed E-state index contributed by atoms with van der Waals surface area (Å²) in [7, 11) is 0. The molecule has 0 bridgehead atoms. The summed E-state index contributed by atoms with van der Waals surface area (Å²) in [6, 6.07) is 9.27. The van der Waals surface area contributed by atoms with Crippen molar-refractivity contribution in [3.63, 3.8) is 0 Å². The van der Waals surface area contributed by atoms with Gasteiger partial charge < -0.3 is 10.1 Å². The minimum absolute atomic E-state index is 0.407. The third-order valence-corrected chi connectivity index (χ3v) is 3.95. The van der Waals surface area contributed by atoms with E-state index in [1.807, 2.05) is 0 Å². The van der Waals surface area contributed by atoms with Gasteiger partial charge in [0.1, 0.15) is 0 Å². The van der Waals surface area contributed by atoms with Gasteiger partial charge in [0, 0.05) is 18.3 Å². The molecule has 1 aromatic carbocycles. The van der Waals surface area contributed by atoms with Crippen molar-refractivity contribution in [2.45, 2.75) is 58.6 Å². The average molecular weight is 261 g/mol. The summed E-state index contributed by atoms with van der Waals surface area (Å²) < 4.78 is 5.85. The van der Waals surface area contributed by atoms with Crippen LogP contribution in [0, 0.1) is 5.92 Å². The van der Waals surface area contributed by atoms with E-state index in [4.69, 9.17) is 4.74 Å². The lowest BCUT2D eigenvalue weighted by atomic mass is 9.95. The molecule has 2 rings (SSSR count). The predicted octanol–water partition coefficient (Wildman–Crippen LogP) is 4.25. The summed E-state index contributed by atoms with van der Waals surface area (Å²) >= 11 is 0. The van der Waals surface area contributed by atoms with Crippen LogP contribution >= 0.6 is 0 Å². The molecule has 1 aromatic rings. The number of nitrogens with one attached hydrogen (secondary N) is 1. The quantitative estimate of drug-likeness (QED) is 0.855. The summed E-state index contributed by atoms with van der Waals surface area (Å²) in [5.41, 5.74) is 2.76. The zero-order valence-electron chi connectivity index (χ0n) is 12.5. The highest BCUT2D eigenvalue weighted by Crippen LogP contribution is 2.25. The van der Waals surface area contributed by atoms with Crippen LogP contribution in [-0.2, 0) is 11.2 Å². The van der Waals surface area contributed by atoms with Crippen molar-refractivity contribution < 1.29 is 4.74 Å². The Hall–Kier alpha value is -1.02. The van der Waals surface area contributed by atoms with E-state index in [-0.39, 0.29) is 0 Å². The molecular formula is C17H27NO.